The molecule has 0 radical (unpaired) electrons. The molecule has 1 heterocycles. The van der Waals surface area contributed by atoms with E-state index in [4.69, 9.17) is 4.98 Å². The van der Waals surface area contributed by atoms with Crippen molar-refractivity contribution >= 4 is 11.0 Å². The van der Waals surface area contributed by atoms with Gasteiger partial charge in [0.2, 0.25) is 0 Å². The number of hydrogen-bond donors (Lipinski definition) is 1. The number of imidazole rings is 1. The molecule has 0 aliphatic heterocycles. The van der Waals surface area contributed by atoms with Crippen molar-refractivity contribution in [1.82, 2.24) is 9.55 Å². The maximum atomic E-state index is 9.39. The van der Waals surface area contributed by atoms with E-state index in [0.29, 0.717) is 0 Å². The molecule has 0 aliphatic rings. The Morgan fingerprint density at radius 3 is 2.53 bits per heavy atom. The second-order valence-corrected chi connectivity index (χ2v) is 4.62. The number of hydrogen-bond acceptors (Lipinski definition) is 2. The summed E-state index contributed by atoms with van der Waals surface area (Å²) in [5.41, 5.74) is 3.20. The Hall–Kier alpha value is -2.29. The van der Waals surface area contributed by atoms with Crippen molar-refractivity contribution < 1.29 is 5.11 Å². The van der Waals surface area contributed by atoms with Gasteiger partial charge in [0.15, 0.2) is 0 Å². The molecule has 0 unspecified atom stereocenters. The third kappa shape index (κ3) is 2.08. The molecule has 1 N–H and O–H groups in total. The molecule has 0 aliphatic carbocycles. The number of rotatable bonds is 3. The van der Waals surface area contributed by atoms with Crippen LogP contribution in [0.2, 0.25) is 0 Å². The van der Waals surface area contributed by atoms with Gasteiger partial charge in [0.25, 0.3) is 0 Å². The minimum atomic E-state index is 0.280. The molecule has 0 bridgehead atoms. The van der Waals surface area contributed by atoms with Crippen LogP contribution in [0, 0.1) is 0 Å². The zero-order valence-corrected chi connectivity index (χ0v) is 10.9. The summed E-state index contributed by atoms with van der Waals surface area (Å²) < 4.78 is 2.24. The summed E-state index contributed by atoms with van der Waals surface area (Å²) in [4.78, 5) is 4.71. The van der Waals surface area contributed by atoms with Crippen LogP contribution in [-0.2, 0) is 6.54 Å². The zero-order valence-electron chi connectivity index (χ0n) is 10.9. The number of phenols is 1. The van der Waals surface area contributed by atoms with Crippen LogP contribution in [0.4, 0.5) is 0 Å². The molecule has 19 heavy (non-hydrogen) atoms. The SMILES string of the molecule is CCCn1c(-c2ccc(O)cc2)nc2ccccc21. The van der Waals surface area contributed by atoms with Gasteiger partial charge < -0.3 is 9.67 Å². The van der Waals surface area contributed by atoms with Gasteiger partial charge in [0.1, 0.15) is 11.6 Å². The molecular formula is C16H16N2O. The Labute approximate surface area is 112 Å². The number of benzene rings is 2. The summed E-state index contributed by atoms with van der Waals surface area (Å²) in [6.07, 6.45) is 1.06. The van der Waals surface area contributed by atoms with Crippen molar-refractivity contribution in [3.8, 4) is 17.1 Å². The second kappa shape index (κ2) is 4.76. The van der Waals surface area contributed by atoms with Crippen molar-refractivity contribution in [3.63, 3.8) is 0 Å². The van der Waals surface area contributed by atoms with Crippen LogP contribution in [0.25, 0.3) is 22.4 Å². The highest BCUT2D eigenvalue weighted by molar-refractivity contribution is 5.80. The van der Waals surface area contributed by atoms with E-state index in [2.05, 4.69) is 17.6 Å². The normalized spacial score (nSPS) is 11.0. The van der Waals surface area contributed by atoms with Crippen molar-refractivity contribution in [2.24, 2.45) is 0 Å². The molecule has 3 heteroatoms. The number of para-hydroxylation sites is 2. The minimum absolute atomic E-state index is 0.280. The third-order valence-electron chi connectivity index (χ3n) is 3.23. The molecule has 0 atom stereocenters. The van der Waals surface area contributed by atoms with Gasteiger partial charge in [0.05, 0.1) is 11.0 Å². The number of aromatic hydroxyl groups is 1. The van der Waals surface area contributed by atoms with Gasteiger partial charge in [-0.15, -0.1) is 0 Å². The van der Waals surface area contributed by atoms with Gasteiger partial charge in [-0.1, -0.05) is 19.1 Å². The molecule has 1 aromatic heterocycles. The molecule has 0 saturated carbocycles. The van der Waals surface area contributed by atoms with Gasteiger partial charge in [-0.05, 0) is 42.8 Å². The summed E-state index contributed by atoms with van der Waals surface area (Å²) in [6, 6.07) is 15.4. The lowest BCUT2D eigenvalue weighted by Crippen LogP contribution is -1.99. The van der Waals surface area contributed by atoms with E-state index in [-0.39, 0.29) is 5.75 Å². The largest absolute Gasteiger partial charge is 0.508 e. The molecule has 3 aromatic rings. The number of nitrogens with zero attached hydrogens (tertiary/aromatic N) is 2. The molecule has 0 fully saturated rings. The van der Waals surface area contributed by atoms with Gasteiger partial charge in [-0.2, -0.15) is 0 Å². The maximum Gasteiger partial charge on any atom is 0.141 e. The second-order valence-electron chi connectivity index (χ2n) is 4.62. The minimum Gasteiger partial charge on any atom is -0.508 e. The summed E-state index contributed by atoms with van der Waals surface area (Å²) in [6.45, 7) is 3.10. The monoisotopic (exact) mass is 252 g/mol. The number of fused-ring (bicyclic) bond motifs is 1. The van der Waals surface area contributed by atoms with E-state index in [1.807, 2.05) is 30.3 Å². The molecule has 2 aromatic carbocycles. The average Bonchev–Trinajstić information content (AvgIpc) is 2.79. The van der Waals surface area contributed by atoms with Gasteiger partial charge >= 0.3 is 0 Å². The molecule has 96 valence electrons. The third-order valence-corrected chi connectivity index (χ3v) is 3.23. The van der Waals surface area contributed by atoms with Crippen LogP contribution < -0.4 is 0 Å². The Bertz CT molecular complexity index is 698. The van der Waals surface area contributed by atoms with E-state index in [1.54, 1.807) is 12.1 Å². The summed E-state index contributed by atoms with van der Waals surface area (Å²) in [7, 11) is 0. The first kappa shape index (κ1) is 11.8. The van der Waals surface area contributed by atoms with Crippen molar-refractivity contribution in [3.05, 3.63) is 48.5 Å². The number of phenolic OH excluding ortho intramolecular Hbond substituents is 1. The van der Waals surface area contributed by atoms with E-state index < -0.39 is 0 Å². The Balaban J connectivity index is 2.21. The fourth-order valence-corrected chi connectivity index (χ4v) is 2.36. The van der Waals surface area contributed by atoms with Gasteiger partial charge in [-0.25, -0.2) is 4.98 Å². The molecule has 0 amide bonds. The quantitative estimate of drug-likeness (QED) is 0.769. The molecule has 0 saturated heterocycles. The zero-order chi connectivity index (χ0) is 13.2. The topological polar surface area (TPSA) is 38.0 Å². The fourth-order valence-electron chi connectivity index (χ4n) is 2.36. The Kier molecular flexibility index (Phi) is 2.95. The highest BCUT2D eigenvalue weighted by Gasteiger charge is 2.11. The Morgan fingerprint density at radius 1 is 1.05 bits per heavy atom. The van der Waals surface area contributed by atoms with E-state index in [0.717, 1.165) is 35.4 Å². The van der Waals surface area contributed by atoms with E-state index in [9.17, 15) is 5.11 Å². The van der Waals surface area contributed by atoms with Gasteiger partial charge in [-0.3, -0.25) is 0 Å². The summed E-state index contributed by atoms with van der Waals surface area (Å²) in [5.74, 6) is 1.24. The molecule has 3 rings (SSSR count). The van der Waals surface area contributed by atoms with Crippen molar-refractivity contribution in [2.45, 2.75) is 19.9 Å². The standard InChI is InChI=1S/C16H16N2O/c1-2-11-18-15-6-4-3-5-14(15)17-16(18)12-7-9-13(19)10-8-12/h3-10,19H,2,11H2,1H3. The van der Waals surface area contributed by atoms with E-state index in [1.165, 1.54) is 0 Å². The van der Waals surface area contributed by atoms with Crippen LogP contribution in [0.1, 0.15) is 13.3 Å². The summed E-state index contributed by atoms with van der Waals surface area (Å²) in [5, 5.41) is 9.39. The predicted octanol–water partition coefficient (Wildman–Crippen LogP) is 3.82. The molecule has 0 spiro atoms. The average molecular weight is 252 g/mol. The summed E-state index contributed by atoms with van der Waals surface area (Å²) >= 11 is 0. The lowest BCUT2D eigenvalue weighted by molar-refractivity contribution is 0.475. The van der Waals surface area contributed by atoms with Crippen LogP contribution >= 0.6 is 0 Å². The lowest BCUT2D eigenvalue weighted by atomic mass is 10.2. The highest BCUT2D eigenvalue weighted by atomic mass is 16.3. The fraction of sp³-hybridized carbons (Fsp3) is 0.188. The predicted molar refractivity (Wildman–Crippen MR) is 77.1 cm³/mol. The first-order valence-corrected chi connectivity index (χ1v) is 6.54. The first-order chi connectivity index (χ1) is 9.29. The molecular weight excluding hydrogens is 236 g/mol. The van der Waals surface area contributed by atoms with Crippen LogP contribution in [0.5, 0.6) is 5.75 Å². The van der Waals surface area contributed by atoms with Crippen molar-refractivity contribution in [2.75, 3.05) is 0 Å². The van der Waals surface area contributed by atoms with Crippen LogP contribution in [0.3, 0.4) is 0 Å². The smallest absolute Gasteiger partial charge is 0.141 e. The van der Waals surface area contributed by atoms with E-state index >= 15 is 0 Å². The lowest BCUT2D eigenvalue weighted by Gasteiger charge is -2.07. The van der Waals surface area contributed by atoms with Crippen molar-refractivity contribution in [1.29, 1.82) is 0 Å². The van der Waals surface area contributed by atoms with Crippen LogP contribution in [-0.4, -0.2) is 14.7 Å². The van der Waals surface area contributed by atoms with Crippen LogP contribution in [0.15, 0.2) is 48.5 Å². The molecule has 3 nitrogen and oxygen atoms in total. The Morgan fingerprint density at radius 2 is 1.79 bits per heavy atom. The maximum absolute atomic E-state index is 9.39. The van der Waals surface area contributed by atoms with Gasteiger partial charge in [0, 0.05) is 12.1 Å². The number of aryl methyl sites for hydroxylation is 1. The number of aromatic nitrogens is 2. The highest BCUT2D eigenvalue weighted by Crippen LogP contribution is 2.26. The first-order valence-electron chi connectivity index (χ1n) is 6.54.